The number of nitrogens with one attached hydrogen (secondary N) is 2. The van der Waals surface area contributed by atoms with Gasteiger partial charge in [-0.15, -0.1) is 0 Å². The molecule has 10 nitrogen and oxygen atoms in total. The minimum absolute atomic E-state index is 0.0570. The van der Waals surface area contributed by atoms with Crippen LogP contribution in [0.5, 0.6) is 23.0 Å². The molecule has 0 unspecified atom stereocenters. The van der Waals surface area contributed by atoms with Crippen LogP contribution in [0.3, 0.4) is 0 Å². The SMILES string of the molecule is COc1ccc(C=Cc2cccc[n+]2CCCC(=O)NCCSSCCNC(=O)CCC[n+]2ccccc2C=Cc2ccc(OC)c(OC)c2)cc1OC. The maximum absolute atomic E-state index is 12.4. The Labute approximate surface area is 327 Å². The largest absolute Gasteiger partial charge is 0.493 e. The number of carbonyl (C=O) groups excluding carboxylic acids is 2. The molecule has 0 radical (unpaired) electrons. The lowest BCUT2D eigenvalue weighted by molar-refractivity contribution is -0.699. The molecule has 4 aromatic rings. The molecule has 0 saturated carbocycles. The molecule has 0 aliphatic heterocycles. The average Bonchev–Trinajstić information content (AvgIpc) is 3.20. The topological polar surface area (TPSA) is 103 Å². The van der Waals surface area contributed by atoms with Gasteiger partial charge in [-0.25, -0.2) is 0 Å². The Hall–Kier alpha value is -4.94. The second-order valence-corrected chi connectivity index (χ2v) is 14.8. The number of hydrogen-bond acceptors (Lipinski definition) is 8. The van der Waals surface area contributed by atoms with Gasteiger partial charge in [0.2, 0.25) is 23.2 Å². The Bertz CT molecular complexity index is 1720. The van der Waals surface area contributed by atoms with Gasteiger partial charge in [0, 0.05) is 86.7 Å². The lowest BCUT2D eigenvalue weighted by Crippen LogP contribution is -2.37. The second kappa shape index (κ2) is 23.7. The minimum Gasteiger partial charge on any atom is -0.493 e. The van der Waals surface area contributed by atoms with E-state index in [1.807, 2.05) is 85.2 Å². The Kier molecular flexibility index (Phi) is 18.3. The van der Waals surface area contributed by atoms with E-state index >= 15 is 0 Å². The third-order valence-electron chi connectivity index (χ3n) is 8.36. The van der Waals surface area contributed by atoms with Crippen LogP contribution < -0.4 is 38.7 Å². The lowest BCUT2D eigenvalue weighted by Gasteiger charge is -2.07. The number of benzene rings is 2. The molecule has 0 aliphatic rings. The third kappa shape index (κ3) is 14.1. The van der Waals surface area contributed by atoms with Crippen LogP contribution in [0.4, 0.5) is 0 Å². The van der Waals surface area contributed by atoms with Gasteiger partial charge < -0.3 is 29.6 Å². The molecule has 0 bridgehead atoms. The van der Waals surface area contributed by atoms with E-state index in [0.717, 1.165) is 60.0 Å². The van der Waals surface area contributed by atoms with Crippen molar-refractivity contribution >= 4 is 57.7 Å². The predicted molar refractivity (Wildman–Crippen MR) is 220 cm³/mol. The molecule has 0 saturated heterocycles. The van der Waals surface area contributed by atoms with E-state index in [9.17, 15) is 9.59 Å². The van der Waals surface area contributed by atoms with Crippen molar-refractivity contribution in [3.05, 3.63) is 108 Å². The standard InChI is InChI=1S/C42H50N4O6S2/c1-49-37-21-17-33(31-39(37)51-3)15-19-35-11-5-7-25-45(35)27-9-13-41(47)43-23-29-53-54-30-24-44-42(48)14-10-28-46-26-8-6-12-36(46)20-16-34-18-22-38(50-2)40(32-34)52-4/h5-8,11-12,15-22,25-26,31-32H,9-10,13-14,23-24,27-30H2,1-4H3/p+2. The van der Waals surface area contributed by atoms with Gasteiger partial charge in [0.15, 0.2) is 35.4 Å². The van der Waals surface area contributed by atoms with Crippen molar-refractivity contribution < 1.29 is 37.7 Å². The van der Waals surface area contributed by atoms with E-state index in [4.69, 9.17) is 18.9 Å². The fraction of sp³-hybridized carbons (Fsp3) is 0.333. The van der Waals surface area contributed by atoms with E-state index in [0.29, 0.717) is 48.9 Å². The molecule has 286 valence electrons. The summed E-state index contributed by atoms with van der Waals surface area (Å²) in [5, 5.41) is 6.04. The molecule has 0 aliphatic carbocycles. The summed E-state index contributed by atoms with van der Waals surface area (Å²) in [7, 11) is 9.91. The number of methoxy groups -OCH3 is 4. The Morgan fingerprint density at radius 3 is 1.41 bits per heavy atom. The number of rotatable bonds is 23. The first-order chi connectivity index (χ1) is 26.4. The van der Waals surface area contributed by atoms with E-state index < -0.39 is 0 Å². The summed E-state index contributed by atoms with van der Waals surface area (Å²) in [5.74, 6) is 4.49. The highest BCUT2D eigenvalue weighted by atomic mass is 33.1. The highest BCUT2D eigenvalue weighted by molar-refractivity contribution is 8.76. The summed E-state index contributed by atoms with van der Waals surface area (Å²) in [6.07, 6.45) is 14.7. The molecule has 2 heterocycles. The van der Waals surface area contributed by atoms with Gasteiger partial charge in [-0.2, -0.15) is 9.13 Å². The zero-order valence-corrected chi connectivity index (χ0v) is 33.3. The molecule has 2 amide bonds. The van der Waals surface area contributed by atoms with Gasteiger partial charge in [-0.3, -0.25) is 9.59 Å². The van der Waals surface area contributed by atoms with Crippen molar-refractivity contribution in [2.45, 2.75) is 38.8 Å². The van der Waals surface area contributed by atoms with Crippen molar-refractivity contribution in [2.75, 3.05) is 53.0 Å². The number of aryl methyl sites for hydroxylation is 2. The Morgan fingerprint density at radius 2 is 1.00 bits per heavy atom. The average molecular weight is 773 g/mol. The summed E-state index contributed by atoms with van der Waals surface area (Å²) in [6, 6.07) is 23.7. The number of pyridine rings is 2. The van der Waals surface area contributed by atoms with Crippen LogP contribution in [0.2, 0.25) is 0 Å². The van der Waals surface area contributed by atoms with Crippen molar-refractivity contribution in [3.8, 4) is 23.0 Å². The summed E-state index contributed by atoms with van der Waals surface area (Å²) < 4.78 is 25.8. The van der Waals surface area contributed by atoms with Crippen LogP contribution in [0.15, 0.2) is 85.2 Å². The smallest absolute Gasteiger partial charge is 0.220 e. The first-order valence-electron chi connectivity index (χ1n) is 18.0. The minimum atomic E-state index is 0.0570. The van der Waals surface area contributed by atoms with Crippen molar-refractivity contribution in [1.29, 1.82) is 0 Å². The quantitative estimate of drug-likeness (QED) is 0.0500. The maximum Gasteiger partial charge on any atom is 0.220 e. The number of nitrogens with zero attached hydrogens (tertiary/aromatic N) is 2. The normalized spacial score (nSPS) is 11.1. The molecule has 0 atom stereocenters. The second-order valence-electron chi connectivity index (χ2n) is 12.1. The molecule has 0 spiro atoms. The number of ether oxygens (including phenoxy) is 4. The van der Waals surface area contributed by atoms with Gasteiger partial charge in [0.05, 0.1) is 28.4 Å². The van der Waals surface area contributed by atoms with Crippen LogP contribution in [0.25, 0.3) is 24.3 Å². The molecule has 2 N–H and O–H groups in total. The van der Waals surface area contributed by atoms with E-state index in [1.54, 1.807) is 50.0 Å². The van der Waals surface area contributed by atoms with Gasteiger partial charge in [0.1, 0.15) is 13.1 Å². The fourth-order valence-electron chi connectivity index (χ4n) is 5.54. The monoisotopic (exact) mass is 772 g/mol. The van der Waals surface area contributed by atoms with Crippen molar-refractivity contribution in [2.24, 2.45) is 0 Å². The highest BCUT2D eigenvalue weighted by Crippen LogP contribution is 2.29. The molecule has 2 aromatic carbocycles. The maximum atomic E-state index is 12.4. The van der Waals surface area contributed by atoms with Gasteiger partial charge in [-0.05, 0) is 59.7 Å². The van der Waals surface area contributed by atoms with Crippen LogP contribution in [-0.2, 0) is 22.7 Å². The summed E-state index contributed by atoms with van der Waals surface area (Å²) >= 11 is 0. The summed E-state index contributed by atoms with van der Waals surface area (Å²) in [5.41, 5.74) is 4.11. The molecular weight excluding hydrogens is 721 g/mol. The molecular formula is C42H52N4O6S2+2. The molecule has 2 aromatic heterocycles. The predicted octanol–water partition coefficient (Wildman–Crippen LogP) is 6.51. The first-order valence-corrected chi connectivity index (χ1v) is 20.5. The molecule has 12 heteroatoms. The first kappa shape index (κ1) is 41.8. The van der Waals surface area contributed by atoms with Crippen molar-refractivity contribution in [1.82, 2.24) is 10.6 Å². The van der Waals surface area contributed by atoms with Crippen LogP contribution in [-0.4, -0.2) is 64.8 Å². The number of carbonyl (C=O) groups is 2. The van der Waals surface area contributed by atoms with Gasteiger partial charge in [0.25, 0.3) is 0 Å². The van der Waals surface area contributed by atoms with Crippen LogP contribution in [0.1, 0.15) is 48.2 Å². The van der Waals surface area contributed by atoms with E-state index in [-0.39, 0.29) is 11.8 Å². The lowest BCUT2D eigenvalue weighted by atomic mass is 10.1. The Balaban J connectivity index is 1.05. The zero-order valence-electron chi connectivity index (χ0n) is 31.6. The van der Waals surface area contributed by atoms with Crippen LogP contribution >= 0.6 is 21.6 Å². The van der Waals surface area contributed by atoms with Crippen molar-refractivity contribution in [3.63, 3.8) is 0 Å². The Morgan fingerprint density at radius 1 is 0.574 bits per heavy atom. The van der Waals surface area contributed by atoms with E-state index in [1.165, 1.54) is 0 Å². The van der Waals surface area contributed by atoms with Gasteiger partial charge >= 0.3 is 0 Å². The van der Waals surface area contributed by atoms with E-state index in [2.05, 4.69) is 44.1 Å². The number of amides is 2. The summed E-state index contributed by atoms with van der Waals surface area (Å²) in [4.78, 5) is 24.9. The molecule has 0 fully saturated rings. The molecule has 54 heavy (non-hydrogen) atoms. The zero-order chi connectivity index (χ0) is 38.4. The number of hydrogen-bond donors (Lipinski definition) is 2. The van der Waals surface area contributed by atoms with Gasteiger partial charge in [-0.1, -0.05) is 33.7 Å². The van der Waals surface area contributed by atoms with Crippen LogP contribution in [0, 0.1) is 0 Å². The molecule has 4 rings (SSSR count). The fourth-order valence-corrected chi connectivity index (χ4v) is 7.36. The highest BCUT2D eigenvalue weighted by Gasteiger charge is 2.11. The third-order valence-corrected chi connectivity index (χ3v) is 10.8. The number of aromatic nitrogens is 2. The summed E-state index contributed by atoms with van der Waals surface area (Å²) in [6.45, 7) is 2.70.